The zero-order valence-corrected chi connectivity index (χ0v) is 12.2. The first-order valence-electron chi connectivity index (χ1n) is 2.42. The summed E-state index contributed by atoms with van der Waals surface area (Å²) in [5, 5.41) is 8.09. The molecule has 0 aromatic rings. The minimum Gasteiger partial charge on any atom is -0.752 e. The molecule has 0 rings (SSSR count). The van der Waals surface area contributed by atoms with E-state index in [-0.39, 0.29) is 61.5 Å². The maximum Gasteiger partial charge on any atom is 1.00 e. The summed E-state index contributed by atoms with van der Waals surface area (Å²) in [6.45, 7) is 0. The first-order valence-corrected chi connectivity index (χ1v) is 5.66. The van der Waals surface area contributed by atoms with Crippen LogP contribution in [0, 0.1) is 11.3 Å². The fraction of sp³-hybridized carbons (Fsp3) is 0.500. The standard InChI is InChI=1S/C4H6N2O2S3.K/c1-11(7,8)6-4(9)10-3-2-5;/h3H2,1H3,(H,6,9);/q;+1/p-1. The molecule has 0 spiro atoms. The smallest absolute Gasteiger partial charge is 0.752 e. The van der Waals surface area contributed by atoms with Crippen LogP contribution in [0.15, 0.2) is 4.40 Å². The van der Waals surface area contributed by atoms with Gasteiger partial charge in [0, 0.05) is 0 Å². The number of nitrogens with zero attached hydrogens (tertiary/aromatic N) is 2. The zero-order valence-electron chi connectivity index (χ0n) is 6.64. The van der Waals surface area contributed by atoms with Crippen LogP contribution in [-0.2, 0) is 22.7 Å². The third-order valence-corrected chi connectivity index (χ3v) is 2.30. The number of thioether (sulfide) groups is 1. The minimum absolute atomic E-state index is 0. The number of sulfonamides is 1. The second kappa shape index (κ2) is 7.70. The molecule has 62 valence electrons. The molecule has 0 aliphatic rings. The summed E-state index contributed by atoms with van der Waals surface area (Å²) in [6.07, 6.45) is 0.951. The van der Waals surface area contributed by atoms with Crippen molar-refractivity contribution in [2.24, 2.45) is 4.40 Å². The van der Waals surface area contributed by atoms with Gasteiger partial charge in [0.2, 0.25) is 10.0 Å². The van der Waals surface area contributed by atoms with E-state index in [1.165, 1.54) is 0 Å². The van der Waals surface area contributed by atoms with Gasteiger partial charge in [-0.05, 0) is 4.38 Å². The molecule has 12 heavy (non-hydrogen) atoms. The van der Waals surface area contributed by atoms with Crippen molar-refractivity contribution < 1.29 is 59.8 Å². The first kappa shape index (κ1) is 15.8. The van der Waals surface area contributed by atoms with Gasteiger partial charge in [-0.1, -0.05) is 0 Å². The van der Waals surface area contributed by atoms with E-state index >= 15 is 0 Å². The molecule has 0 N–H and O–H groups in total. The van der Waals surface area contributed by atoms with Crippen LogP contribution in [0.3, 0.4) is 0 Å². The predicted octanol–water partition coefficient (Wildman–Crippen LogP) is -2.89. The molecule has 0 aliphatic carbocycles. The van der Waals surface area contributed by atoms with Crippen LogP contribution < -0.4 is 51.4 Å². The van der Waals surface area contributed by atoms with Crippen molar-refractivity contribution >= 4 is 38.8 Å². The van der Waals surface area contributed by atoms with E-state index in [9.17, 15) is 8.42 Å². The van der Waals surface area contributed by atoms with Gasteiger partial charge in [-0.25, -0.2) is 8.42 Å². The van der Waals surface area contributed by atoms with Crippen molar-refractivity contribution in [2.45, 2.75) is 0 Å². The van der Waals surface area contributed by atoms with Gasteiger partial charge >= 0.3 is 51.4 Å². The normalized spacial score (nSPS) is 11.5. The third kappa shape index (κ3) is 11.3. The van der Waals surface area contributed by atoms with Crippen LogP contribution in [0.5, 0.6) is 0 Å². The number of rotatable bonds is 2. The van der Waals surface area contributed by atoms with Crippen molar-refractivity contribution in [1.29, 1.82) is 5.26 Å². The van der Waals surface area contributed by atoms with Crippen LogP contribution in [0.4, 0.5) is 0 Å². The van der Waals surface area contributed by atoms with Gasteiger partial charge in [-0.3, -0.25) is 0 Å². The molecule has 0 fully saturated rings. The van der Waals surface area contributed by atoms with E-state index in [4.69, 9.17) is 5.26 Å². The van der Waals surface area contributed by atoms with Crippen LogP contribution in [-0.4, -0.2) is 24.8 Å². The Balaban J connectivity index is 0. The molecular weight excluding hydrogens is 243 g/mol. The van der Waals surface area contributed by atoms with Gasteiger partial charge in [0.1, 0.15) is 0 Å². The van der Waals surface area contributed by atoms with E-state index < -0.39 is 10.0 Å². The van der Waals surface area contributed by atoms with Crippen LogP contribution in [0.1, 0.15) is 0 Å². The molecule has 0 heterocycles. The Morgan fingerprint density at radius 3 is 2.58 bits per heavy atom. The van der Waals surface area contributed by atoms with E-state index in [0.29, 0.717) is 0 Å². The Labute approximate surface area is 124 Å². The maximum absolute atomic E-state index is 10.5. The summed E-state index contributed by atoms with van der Waals surface area (Å²) in [6, 6.07) is 1.81. The van der Waals surface area contributed by atoms with Crippen molar-refractivity contribution in [1.82, 2.24) is 0 Å². The van der Waals surface area contributed by atoms with Crippen molar-refractivity contribution in [3.63, 3.8) is 0 Å². The minimum atomic E-state index is -3.40. The van der Waals surface area contributed by atoms with Gasteiger partial charge in [0.15, 0.2) is 0 Å². The van der Waals surface area contributed by atoms with E-state index in [1.807, 2.05) is 0 Å². The molecule has 0 aliphatic heterocycles. The second-order valence-electron chi connectivity index (χ2n) is 1.54. The summed E-state index contributed by atoms with van der Waals surface area (Å²) >= 11 is 5.46. The molecule has 0 saturated carbocycles. The fourth-order valence-electron chi connectivity index (χ4n) is 0.256. The average molecular weight is 248 g/mol. The van der Waals surface area contributed by atoms with E-state index in [2.05, 4.69) is 17.0 Å². The van der Waals surface area contributed by atoms with Crippen LogP contribution >= 0.6 is 11.8 Å². The number of hydrogen-bond donors (Lipinski definition) is 0. The zero-order chi connectivity index (χ0) is 8.91. The van der Waals surface area contributed by atoms with Gasteiger partial charge in [0.25, 0.3) is 0 Å². The van der Waals surface area contributed by atoms with Gasteiger partial charge in [0.05, 0.1) is 18.1 Å². The van der Waals surface area contributed by atoms with Gasteiger partial charge < -0.3 is 12.6 Å². The predicted molar refractivity (Wildman–Crippen MR) is 47.7 cm³/mol. The SMILES string of the molecule is CS(=O)(=O)N=C([S-])SCC#N.[K+]. The number of hydrogen-bond acceptors (Lipinski definition) is 5. The summed E-state index contributed by atoms with van der Waals surface area (Å²) in [5.74, 6) is 0.123. The quantitative estimate of drug-likeness (QED) is 0.227. The van der Waals surface area contributed by atoms with Gasteiger partial charge in [-0.15, -0.1) is 11.8 Å². The van der Waals surface area contributed by atoms with Gasteiger partial charge in [-0.2, -0.15) is 9.66 Å². The molecule has 8 heteroatoms. The summed E-state index contributed by atoms with van der Waals surface area (Å²) < 4.78 is 24.1. The monoisotopic (exact) mass is 248 g/mol. The molecule has 0 aromatic carbocycles. The van der Waals surface area contributed by atoms with E-state index in [0.717, 1.165) is 18.0 Å². The largest absolute Gasteiger partial charge is 1.00 e. The summed E-state index contributed by atoms with van der Waals surface area (Å²) in [5.41, 5.74) is 0. The Kier molecular flexibility index (Phi) is 10.1. The maximum atomic E-state index is 10.5. The average Bonchev–Trinajstić information content (AvgIpc) is 1.79. The first-order chi connectivity index (χ1) is 4.95. The van der Waals surface area contributed by atoms with Crippen molar-refractivity contribution in [2.75, 3.05) is 12.0 Å². The third-order valence-electron chi connectivity index (χ3n) is 0.501. The van der Waals surface area contributed by atoms with E-state index in [1.54, 1.807) is 6.07 Å². The fourth-order valence-corrected chi connectivity index (χ4v) is 1.91. The number of nitriles is 1. The molecular formula is C4H5KN2O2S3. The summed E-state index contributed by atoms with van der Waals surface area (Å²) in [4.78, 5) is 0. The molecule has 4 nitrogen and oxygen atoms in total. The van der Waals surface area contributed by atoms with Crippen molar-refractivity contribution in [3.8, 4) is 6.07 Å². The molecule has 0 unspecified atom stereocenters. The molecule has 0 saturated heterocycles. The molecule has 0 atom stereocenters. The Morgan fingerprint density at radius 1 is 1.75 bits per heavy atom. The molecule has 0 bridgehead atoms. The molecule has 0 amide bonds. The summed E-state index contributed by atoms with van der Waals surface area (Å²) in [7, 11) is -3.40. The Hall–Kier alpha value is 1.32. The molecule has 0 aromatic heterocycles. The second-order valence-corrected chi connectivity index (χ2v) is 4.79. The Morgan fingerprint density at radius 2 is 2.25 bits per heavy atom. The topological polar surface area (TPSA) is 70.3 Å². The van der Waals surface area contributed by atoms with Crippen LogP contribution in [0.25, 0.3) is 0 Å². The molecule has 0 radical (unpaired) electrons. The Bertz CT molecular complexity index is 292. The van der Waals surface area contributed by atoms with Crippen LogP contribution in [0.2, 0.25) is 0 Å². The van der Waals surface area contributed by atoms with Crippen molar-refractivity contribution in [3.05, 3.63) is 0 Å².